The highest BCUT2D eigenvalue weighted by Crippen LogP contribution is 2.13. The van der Waals surface area contributed by atoms with Crippen LogP contribution in [-0.4, -0.2) is 37.0 Å². The van der Waals surface area contributed by atoms with Crippen molar-refractivity contribution < 1.29 is 4.79 Å². The molecule has 3 nitrogen and oxygen atoms in total. The molecule has 1 fully saturated rings. The summed E-state index contributed by atoms with van der Waals surface area (Å²) in [7, 11) is 1.99. The molecule has 1 aromatic rings. The van der Waals surface area contributed by atoms with E-state index in [0.717, 1.165) is 31.5 Å². The zero-order valence-electron chi connectivity index (χ0n) is 10.7. The molecule has 0 atom stereocenters. The quantitative estimate of drug-likeness (QED) is 0.839. The third-order valence-corrected chi connectivity index (χ3v) is 4.17. The van der Waals surface area contributed by atoms with Gasteiger partial charge >= 0.3 is 0 Å². The molecule has 1 saturated heterocycles. The molecule has 2 rings (SSSR count). The maximum atomic E-state index is 12.2. The van der Waals surface area contributed by atoms with Crippen molar-refractivity contribution in [3.63, 3.8) is 0 Å². The fourth-order valence-electron chi connectivity index (χ4n) is 2.35. The van der Waals surface area contributed by atoms with Gasteiger partial charge in [0.2, 0.25) is 5.91 Å². The summed E-state index contributed by atoms with van der Waals surface area (Å²) in [6.07, 6.45) is 2.66. The zero-order chi connectivity index (χ0) is 13.0. The number of nitrogens with zero attached hydrogens (tertiary/aromatic N) is 1. The van der Waals surface area contributed by atoms with E-state index in [9.17, 15) is 4.79 Å². The van der Waals surface area contributed by atoms with Gasteiger partial charge in [-0.3, -0.25) is 4.79 Å². The fourth-order valence-corrected chi connectivity index (χ4v) is 2.96. The summed E-state index contributed by atoms with van der Waals surface area (Å²) < 4.78 is 1.19. The summed E-state index contributed by atoms with van der Waals surface area (Å²) in [5.41, 5.74) is 1.11. The number of likely N-dealkylation sites (tertiary alicyclic amines) is 1. The molecule has 1 aromatic carbocycles. The average molecular weight is 358 g/mol. The van der Waals surface area contributed by atoms with Gasteiger partial charge in [-0.2, -0.15) is 0 Å². The Bertz CT molecular complexity index is 414. The standard InChI is InChI=1S/C14H19IN2O/c1-16-13-5-7-17(8-6-13)14(18)10-11-3-2-4-12(15)9-11/h2-4,9,13,16H,5-8,10H2,1H3. The number of piperidine rings is 1. The van der Waals surface area contributed by atoms with Gasteiger partial charge in [0, 0.05) is 22.7 Å². The number of nitrogens with one attached hydrogen (secondary N) is 1. The Labute approximate surface area is 122 Å². The van der Waals surface area contributed by atoms with Crippen LogP contribution >= 0.6 is 22.6 Å². The monoisotopic (exact) mass is 358 g/mol. The smallest absolute Gasteiger partial charge is 0.226 e. The summed E-state index contributed by atoms with van der Waals surface area (Å²) in [6, 6.07) is 8.75. The number of rotatable bonds is 3. The average Bonchev–Trinajstić information content (AvgIpc) is 2.39. The topological polar surface area (TPSA) is 32.3 Å². The molecular weight excluding hydrogens is 339 g/mol. The molecule has 1 heterocycles. The molecule has 1 N–H and O–H groups in total. The van der Waals surface area contributed by atoms with Crippen molar-refractivity contribution in [2.24, 2.45) is 0 Å². The van der Waals surface area contributed by atoms with Gasteiger partial charge < -0.3 is 10.2 Å². The highest BCUT2D eigenvalue weighted by atomic mass is 127. The zero-order valence-corrected chi connectivity index (χ0v) is 12.8. The summed E-state index contributed by atoms with van der Waals surface area (Å²) in [5.74, 6) is 0.256. The number of carbonyl (C=O) groups excluding carboxylic acids is 1. The fraction of sp³-hybridized carbons (Fsp3) is 0.500. The maximum absolute atomic E-state index is 12.2. The first-order valence-electron chi connectivity index (χ1n) is 6.38. The minimum absolute atomic E-state index is 0.256. The van der Waals surface area contributed by atoms with Crippen molar-refractivity contribution in [1.29, 1.82) is 0 Å². The van der Waals surface area contributed by atoms with E-state index in [4.69, 9.17) is 0 Å². The molecule has 4 heteroatoms. The van der Waals surface area contributed by atoms with Crippen LogP contribution in [0.1, 0.15) is 18.4 Å². The van der Waals surface area contributed by atoms with Crippen LogP contribution in [0.4, 0.5) is 0 Å². The lowest BCUT2D eigenvalue weighted by Gasteiger charge is -2.31. The first-order chi connectivity index (χ1) is 8.69. The summed E-state index contributed by atoms with van der Waals surface area (Å²) in [5, 5.41) is 3.28. The minimum atomic E-state index is 0.256. The Morgan fingerprint density at radius 3 is 2.78 bits per heavy atom. The first-order valence-corrected chi connectivity index (χ1v) is 7.46. The lowest BCUT2D eigenvalue weighted by molar-refractivity contribution is -0.131. The molecule has 98 valence electrons. The molecular formula is C14H19IN2O. The highest BCUT2D eigenvalue weighted by molar-refractivity contribution is 14.1. The molecule has 0 radical (unpaired) electrons. The number of hydrogen-bond acceptors (Lipinski definition) is 2. The Kier molecular flexibility index (Phi) is 5.00. The van der Waals surface area contributed by atoms with Gasteiger partial charge in [0.15, 0.2) is 0 Å². The Morgan fingerprint density at radius 1 is 1.44 bits per heavy atom. The SMILES string of the molecule is CNC1CCN(C(=O)Cc2cccc(I)c2)CC1. The summed E-state index contributed by atoms with van der Waals surface area (Å²) in [4.78, 5) is 14.2. The van der Waals surface area contributed by atoms with Gasteiger partial charge in [0.05, 0.1) is 6.42 Å². The molecule has 1 aliphatic heterocycles. The van der Waals surface area contributed by atoms with Crippen LogP contribution in [0.25, 0.3) is 0 Å². The van der Waals surface area contributed by atoms with Gasteiger partial charge in [-0.05, 0) is 60.2 Å². The van der Waals surface area contributed by atoms with Gasteiger partial charge in [0.1, 0.15) is 0 Å². The molecule has 0 aliphatic carbocycles. The van der Waals surface area contributed by atoms with Crippen LogP contribution < -0.4 is 5.32 Å². The molecule has 0 spiro atoms. The van der Waals surface area contributed by atoms with Crippen LogP contribution in [0.2, 0.25) is 0 Å². The third kappa shape index (κ3) is 3.68. The normalized spacial score (nSPS) is 16.9. The Morgan fingerprint density at radius 2 is 2.17 bits per heavy atom. The molecule has 0 unspecified atom stereocenters. The number of benzene rings is 1. The second kappa shape index (κ2) is 6.52. The van der Waals surface area contributed by atoms with Crippen molar-refractivity contribution in [2.45, 2.75) is 25.3 Å². The van der Waals surface area contributed by atoms with Crippen molar-refractivity contribution in [2.75, 3.05) is 20.1 Å². The second-order valence-electron chi connectivity index (χ2n) is 4.75. The van der Waals surface area contributed by atoms with E-state index < -0.39 is 0 Å². The van der Waals surface area contributed by atoms with Crippen LogP contribution in [-0.2, 0) is 11.2 Å². The largest absolute Gasteiger partial charge is 0.342 e. The highest BCUT2D eigenvalue weighted by Gasteiger charge is 2.21. The number of carbonyl (C=O) groups is 1. The van der Waals surface area contributed by atoms with Crippen LogP contribution in [0.15, 0.2) is 24.3 Å². The van der Waals surface area contributed by atoms with E-state index in [1.807, 2.05) is 30.1 Å². The lowest BCUT2D eigenvalue weighted by Crippen LogP contribution is -2.44. The summed E-state index contributed by atoms with van der Waals surface area (Å²) >= 11 is 2.28. The minimum Gasteiger partial charge on any atom is -0.342 e. The molecule has 18 heavy (non-hydrogen) atoms. The predicted molar refractivity (Wildman–Crippen MR) is 81.5 cm³/mol. The van der Waals surface area contributed by atoms with Crippen molar-refractivity contribution >= 4 is 28.5 Å². The molecule has 1 amide bonds. The van der Waals surface area contributed by atoms with E-state index in [1.54, 1.807) is 0 Å². The Hall–Kier alpha value is -0.620. The van der Waals surface area contributed by atoms with Crippen molar-refractivity contribution in [3.8, 4) is 0 Å². The van der Waals surface area contributed by atoms with E-state index in [0.29, 0.717) is 12.5 Å². The van der Waals surface area contributed by atoms with Gasteiger partial charge in [-0.15, -0.1) is 0 Å². The van der Waals surface area contributed by atoms with Gasteiger partial charge in [-0.1, -0.05) is 12.1 Å². The van der Waals surface area contributed by atoms with E-state index in [-0.39, 0.29) is 5.91 Å². The van der Waals surface area contributed by atoms with E-state index in [1.165, 1.54) is 3.57 Å². The van der Waals surface area contributed by atoms with Crippen LogP contribution in [0.3, 0.4) is 0 Å². The number of halogens is 1. The van der Waals surface area contributed by atoms with E-state index in [2.05, 4.69) is 34.0 Å². The second-order valence-corrected chi connectivity index (χ2v) is 6.00. The molecule has 1 aliphatic rings. The van der Waals surface area contributed by atoms with Crippen molar-refractivity contribution in [1.82, 2.24) is 10.2 Å². The van der Waals surface area contributed by atoms with Crippen molar-refractivity contribution in [3.05, 3.63) is 33.4 Å². The lowest BCUT2D eigenvalue weighted by atomic mass is 10.0. The predicted octanol–water partition coefficient (Wildman–Crippen LogP) is 2.04. The third-order valence-electron chi connectivity index (χ3n) is 3.50. The Balaban J connectivity index is 1.89. The number of amides is 1. The van der Waals surface area contributed by atoms with E-state index >= 15 is 0 Å². The van der Waals surface area contributed by atoms with Gasteiger partial charge in [0.25, 0.3) is 0 Å². The molecule has 0 bridgehead atoms. The molecule has 0 aromatic heterocycles. The molecule has 0 saturated carbocycles. The first kappa shape index (κ1) is 13.8. The van der Waals surface area contributed by atoms with Crippen LogP contribution in [0.5, 0.6) is 0 Å². The van der Waals surface area contributed by atoms with Crippen LogP contribution in [0, 0.1) is 3.57 Å². The summed E-state index contributed by atoms with van der Waals surface area (Å²) in [6.45, 7) is 1.77. The van der Waals surface area contributed by atoms with Gasteiger partial charge in [-0.25, -0.2) is 0 Å². The number of hydrogen-bond donors (Lipinski definition) is 1. The maximum Gasteiger partial charge on any atom is 0.226 e.